The van der Waals surface area contributed by atoms with Crippen molar-refractivity contribution in [3.8, 4) is 11.5 Å². The first-order chi connectivity index (χ1) is 12.3. The topological polar surface area (TPSA) is 48.4 Å². The van der Waals surface area contributed by atoms with Gasteiger partial charge in [0.25, 0.3) is 0 Å². The van der Waals surface area contributed by atoms with Crippen LogP contribution < -0.4 is 9.47 Å². The van der Waals surface area contributed by atoms with Crippen LogP contribution in [0.4, 0.5) is 0 Å². The lowest BCUT2D eigenvalue weighted by molar-refractivity contribution is 0.0733. The quantitative estimate of drug-likeness (QED) is 0.467. The van der Waals surface area contributed by atoms with Crippen LogP contribution in [0.25, 0.3) is 12.2 Å². The summed E-state index contributed by atoms with van der Waals surface area (Å²) in [5, 5.41) is 1.84. The van der Waals surface area contributed by atoms with Gasteiger partial charge in [0.1, 0.15) is 4.88 Å². The molecule has 2 heterocycles. The zero-order chi connectivity index (χ0) is 17.5. The number of hydrogen-bond acceptors (Lipinski definition) is 5. The maximum Gasteiger partial charge on any atom is 0.353 e. The molecule has 25 heavy (non-hydrogen) atoms. The molecular formula is C20H17NO3S. The van der Waals surface area contributed by atoms with Crippen LogP contribution in [0.1, 0.15) is 27.9 Å². The third-order valence-electron chi connectivity index (χ3n) is 3.33. The molecule has 0 spiro atoms. The Morgan fingerprint density at radius 1 is 1.12 bits per heavy atom. The third-order valence-corrected chi connectivity index (χ3v) is 4.18. The molecular weight excluding hydrogens is 334 g/mol. The third kappa shape index (κ3) is 4.55. The molecule has 3 aromatic rings. The molecule has 2 aromatic heterocycles. The van der Waals surface area contributed by atoms with Crippen LogP contribution in [0.3, 0.4) is 0 Å². The van der Waals surface area contributed by atoms with E-state index in [2.05, 4.69) is 4.98 Å². The highest BCUT2D eigenvalue weighted by molar-refractivity contribution is 7.12. The summed E-state index contributed by atoms with van der Waals surface area (Å²) in [6.45, 7) is 2.37. The number of ether oxygens (including phenoxy) is 2. The molecule has 0 N–H and O–H groups in total. The highest BCUT2D eigenvalue weighted by Crippen LogP contribution is 2.30. The highest BCUT2D eigenvalue weighted by atomic mass is 32.1. The predicted octanol–water partition coefficient (Wildman–Crippen LogP) is 4.93. The molecule has 3 rings (SSSR count). The van der Waals surface area contributed by atoms with Gasteiger partial charge in [-0.25, -0.2) is 4.79 Å². The fraction of sp³-hybridized carbons (Fsp3) is 0.100. The van der Waals surface area contributed by atoms with Gasteiger partial charge < -0.3 is 9.47 Å². The Morgan fingerprint density at radius 3 is 2.76 bits per heavy atom. The van der Waals surface area contributed by atoms with Crippen LogP contribution in [-0.2, 0) is 0 Å². The lowest BCUT2D eigenvalue weighted by atomic mass is 10.1. The monoisotopic (exact) mass is 351 g/mol. The summed E-state index contributed by atoms with van der Waals surface area (Å²) >= 11 is 1.34. The van der Waals surface area contributed by atoms with Crippen molar-refractivity contribution in [2.45, 2.75) is 6.92 Å². The van der Waals surface area contributed by atoms with E-state index in [9.17, 15) is 4.79 Å². The van der Waals surface area contributed by atoms with Crippen molar-refractivity contribution in [3.05, 3.63) is 76.2 Å². The first kappa shape index (κ1) is 16.9. The van der Waals surface area contributed by atoms with Crippen molar-refractivity contribution in [2.24, 2.45) is 0 Å². The van der Waals surface area contributed by atoms with Crippen LogP contribution in [0.15, 0.2) is 60.1 Å². The van der Waals surface area contributed by atoms with E-state index < -0.39 is 0 Å². The maximum absolute atomic E-state index is 12.1. The number of pyridine rings is 1. The van der Waals surface area contributed by atoms with Gasteiger partial charge in [-0.15, -0.1) is 11.3 Å². The number of hydrogen-bond donors (Lipinski definition) is 0. The SMILES string of the molecule is CCOc1cc(/C=C/c2ccccn2)ccc1OC(=O)c1cccs1. The highest BCUT2D eigenvalue weighted by Gasteiger charge is 2.13. The van der Waals surface area contributed by atoms with Crippen molar-refractivity contribution in [1.29, 1.82) is 0 Å². The number of carbonyl (C=O) groups is 1. The van der Waals surface area contributed by atoms with E-state index in [0.717, 1.165) is 11.3 Å². The summed E-state index contributed by atoms with van der Waals surface area (Å²) in [7, 11) is 0. The lowest BCUT2D eigenvalue weighted by Gasteiger charge is -2.11. The summed E-state index contributed by atoms with van der Waals surface area (Å²) in [5.41, 5.74) is 1.80. The lowest BCUT2D eigenvalue weighted by Crippen LogP contribution is -2.08. The maximum atomic E-state index is 12.1. The molecule has 0 amide bonds. The number of nitrogens with zero attached hydrogens (tertiary/aromatic N) is 1. The molecule has 0 saturated carbocycles. The van der Waals surface area contributed by atoms with Crippen LogP contribution >= 0.6 is 11.3 Å². The van der Waals surface area contributed by atoms with Crippen molar-refractivity contribution >= 4 is 29.5 Å². The summed E-state index contributed by atoms with van der Waals surface area (Å²) < 4.78 is 11.1. The van der Waals surface area contributed by atoms with Gasteiger partial charge in [-0.3, -0.25) is 4.98 Å². The Hall–Kier alpha value is -2.92. The summed E-state index contributed by atoms with van der Waals surface area (Å²) in [6, 6.07) is 14.8. The molecule has 126 valence electrons. The van der Waals surface area contributed by atoms with Gasteiger partial charge in [0.15, 0.2) is 11.5 Å². The van der Waals surface area contributed by atoms with E-state index in [-0.39, 0.29) is 5.97 Å². The Labute approximate surface area is 150 Å². The van der Waals surface area contributed by atoms with Gasteiger partial charge in [0, 0.05) is 6.20 Å². The number of thiophene rings is 1. The minimum absolute atomic E-state index is 0.382. The van der Waals surface area contributed by atoms with Crippen LogP contribution in [0.2, 0.25) is 0 Å². The van der Waals surface area contributed by atoms with Crippen LogP contribution in [-0.4, -0.2) is 17.6 Å². The Balaban J connectivity index is 1.80. The van der Waals surface area contributed by atoms with E-state index in [1.54, 1.807) is 18.3 Å². The second-order valence-corrected chi connectivity index (χ2v) is 6.04. The number of benzene rings is 1. The fourth-order valence-electron chi connectivity index (χ4n) is 2.18. The molecule has 0 unspecified atom stereocenters. The minimum atomic E-state index is -0.382. The Bertz CT molecular complexity index is 858. The zero-order valence-electron chi connectivity index (χ0n) is 13.7. The molecule has 1 aromatic carbocycles. The molecule has 0 aliphatic rings. The van der Waals surface area contributed by atoms with Gasteiger partial charge in [0.2, 0.25) is 0 Å². The molecule has 0 atom stereocenters. The van der Waals surface area contributed by atoms with Gasteiger partial charge >= 0.3 is 5.97 Å². The summed E-state index contributed by atoms with van der Waals surface area (Å²) in [5.74, 6) is 0.568. The smallest absolute Gasteiger partial charge is 0.353 e. The molecule has 0 saturated heterocycles. The average molecular weight is 351 g/mol. The molecule has 0 fully saturated rings. The number of carbonyl (C=O) groups excluding carboxylic acids is 1. The van der Waals surface area contributed by atoms with Crippen molar-refractivity contribution in [2.75, 3.05) is 6.61 Å². The van der Waals surface area contributed by atoms with E-state index in [1.807, 2.05) is 60.9 Å². The fourth-order valence-corrected chi connectivity index (χ4v) is 2.78. The molecule has 0 bridgehead atoms. The number of aromatic nitrogens is 1. The van der Waals surface area contributed by atoms with Gasteiger partial charge in [-0.05, 0) is 54.3 Å². The molecule has 0 aliphatic carbocycles. The number of rotatable bonds is 6. The van der Waals surface area contributed by atoms with Crippen molar-refractivity contribution < 1.29 is 14.3 Å². The second-order valence-electron chi connectivity index (χ2n) is 5.09. The average Bonchev–Trinajstić information content (AvgIpc) is 3.18. The van der Waals surface area contributed by atoms with E-state index >= 15 is 0 Å². The normalized spacial score (nSPS) is 10.8. The first-order valence-electron chi connectivity index (χ1n) is 7.88. The standard InChI is InChI=1S/C20H17NO3S/c1-2-23-18-14-15(8-10-16-6-3-4-12-21-16)9-11-17(18)24-20(22)19-7-5-13-25-19/h3-14H,2H2,1H3/b10-8+. The van der Waals surface area contributed by atoms with E-state index in [4.69, 9.17) is 9.47 Å². The zero-order valence-corrected chi connectivity index (χ0v) is 14.5. The van der Waals surface area contributed by atoms with E-state index in [1.165, 1.54) is 11.3 Å². The van der Waals surface area contributed by atoms with Crippen LogP contribution in [0.5, 0.6) is 11.5 Å². The van der Waals surface area contributed by atoms with Gasteiger partial charge in [0.05, 0.1) is 12.3 Å². The first-order valence-corrected chi connectivity index (χ1v) is 8.76. The van der Waals surface area contributed by atoms with Crippen LogP contribution in [0, 0.1) is 0 Å². The van der Waals surface area contributed by atoms with Crippen molar-refractivity contribution in [3.63, 3.8) is 0 Å². The molecule has 5 heteroatoms. The minimum Gasteiger partial charge on any atom is -0.490 e. The molecule has 0 aliphatic heterocycles. The molecule has 0 radical (unpaired) electrons. The Morgan fingerprint density at radius 2 is 2.04 bits per heavy atom. The number of esters is 1. The summed E-state index contributed by atoms with van der Waals surface area (Å²) in [4.78, 5) is 16.9. The largest absolute Gasteiger partial charge is 0.490 e. The summed E-state index contributed by atoms with van der Waals surface area (Å²) in [6.07, 6.45) is 5.61. The van der Waals surface area contributed by atoms with E-state index in [0.29, 0.717) is 23.0 Å². The van der Waals surface area contributed by atoms with Gasteiger partial charge in [-0.1, -0.05) is 24.3 Å². The second kappa shape index (κ2) is 8.26. The molecule has 4 nitrogen and oxygen atoms in total. The van der Waals surface area contributed by atoms with Gasteiger partial charge in [-0.2, -0.15) is 0 Å². The Kier molecular flexibility index (Phi) is 5.59. The predicted molar refractivity (Wildman–Crippen MR) is 100 cm³/mol. The van der Waals surface area contributed by atoms with Crippen molar-refractivity contribution in [1.82, 2.24) is 4.98 Å².